The number of benzene rings is 2. The van der Waals surface area contributed by atoms with Crippen LogP contribution in [-0.4, -0.2) is 31.3 Å². The van der Waals surface area contributed by atoms with Gasteiger partial charge in [0.15, 0.2) is 5.78 Å². The Morgan fingerprint density at radius 3 is 2.07 bits per heavy atom. The number of nitrogens with zero attached hydrogens (tertiary/aromatic N) is 1. The Balaban J connectivity index is 0.00000364. The lowest BCUT2D eigenvalue weighted by Crippen LogP contribution is -2.13. The van der Waals surface area contributed by atoms with Crippen molar-refractivity contribution >= 4 is 24.3 Å². The van der Waals surface area contributed by atoms with E-state index >= 15 is 0 Å². The molecule has 2 aromatic rings. The summed E-state index contributed by atoms with van der Waals surface area (Å²) >= 11 is 0. The molecule has 146 valence electrons. The van der Waals surface area contributed by atoms with Gasteiger partial charge in [-0.3, -0.25) is 4.79 Å². The molecular weight excluding hydrogens is 354 g/mol. The molecule has 0 unspecified atom stereocenters. The fourth-order valence-corrected chi connectivity index (χ4v) is 2.80. The van der Waals surface area contributed by atoms with Gasteiger partial charge in [-0.1, -0.05) is 75.4 Å². The molecule has 2 rings (SSSR count). The maximum Gasteiger partial charge on any atom is 0.185 e. The summed E-state index contributed by atoms with van der Waals surface area (Å²) in [5.41, 5.74) is 4.51. The van der Waals surface area contributed by atoms with Crippen LogP contribution in [0.1, 0.15) is 54.2 Å². The van der Waals surface area contributed by atoms with Crippen LogP contribution in [0.15, 0.2) is 54.6 Å². The van der Waals surface area contributed by atoms with E-state index in [1.807, 2.05) is 18.2 Å². The molecule has 2 aromatic carbocycles. The molecule has 0 aliphatic heterocycles. The minimum Gasteiger partial charge on any atom is -0.309 e. The average Bonchev–Trinajstić information content (AvgIpc) is 2.59. The maximum absolute atomic E-state index is 12.4. The zero-order valence-electron chi connectivity index (χ0n) is 17.2. The summed E-state index contributed by atoms with van der Waals surface area (Å²) in [6.07, 6.45) is 5.72. The maximum atomic E-state index is 12.4. The van der Waals surface area contributed by atoms with Crippen molar-refractivity contribution in [2.45, 2.75) is 39.0 Å². The van der Waals surface area contributed by atoms with Gasteiger partial charge in [0.25, 0.3) is 0 Å². The Kier molecular flexibility index (Phi) is 8.95. The van der Waals surface area contributed by atoms with Gasteiger partial charge in [0.2, 0.25) is 0 Å². The van der Waals surface area contributed by atoms with Crippen LogP contribution >= 0.6 is 12.4 Å². The highest BCUT2D eigenvalue weighted by atomic mass is 35.5. The van der Waals surface area contributed by atoms with Gasteiger partial charge >= 0.3 is 0 Å². The smallest absolute Gasteiger partial charge is 0.185 e. The number of hydrogen-bond acceptors (Lipinski definition) is 2. The molecule has 0 atom stereocenters. The molecule has 0 bridgehead atoms. The Labute approximate surface area is 170 Å². The molecule has 0 aromatic heterocycles. The number of ketones is 1. The largest absolute Gasteiger partial charge is 0.309 e. The summed E-state index contributed by atoms with van der Waals surface area (Å²) in [5.74, 6) is 0.0461. The van der Waals surface area contributed by atoms with Crippen LogP contribution in [0.2, 0.25) is 0 Å². The number of rotatable bonds is 7. The van der Waals surface area contributed by atoms with E-state index in [4.69, 9.17) is 0 Å². The Bertz CT molecular complexity index is 737. The fraction of sp³-hybridized carbons (Fsp3) is 0.375. The van der Waals surface area contributed by atoms with E-state index in [1.165, 1.54) is 11.1 Å². The molecule has 0 amide bonds. The first-order chi connectivity index (χ1) is 12.3. The number of hydrogen-bond donors (Lipinski definition) is 0. The summed E-state index contributed by atoms with van der Waals surface area (Å²) in [5, 5.41) is 0. The molecule has 0 saturated carbocycles. The number of aryl methyl sites for hydroxylation is 1. The Morgan fingerprint density at radius 2 is 1.56 bits per heavy atom. The molecule has 0 N–H and O–H groups in total. The molecule has 3 heteroatoms. The van der Waals surface area contributed by atoms with E-state index in [1.54, 1.807) is 6.08 Å². The lowest BCUT2D eigenvalue weighted by Gasteiger charge is -2.18. The zero-order valence-corrected chi connectivity index (χ0v) is 18.0. The van der Waals surface area contributed by atoms with Crippen LogP contribution in [0, 0.1) is 0 Å². The van der Waals surface area contributed by atoms with E-state index in [0.717, 1.165) is 30.5 Å². The summed E-state index contributed by atoms with van der Waals surface area (Å²) in [4.78, 5) is 14.6. The minimum absolute atomic E-state index is 0. The van der Waals surface area contributed by atoms with Crippen molar-refractivity contribution < 1.29 is 4.79 Å². The van der Waals surface area contributed by atoms with Gasteiger partial charge in [-0.25, -0.2) is 0 Å². The number of carbonyl (C=O) groups is 1. The van der Waals surface area contributed by atoms with Gasteiger partial charge in [0.05, 0.1) is 0 Å². The van der Waals surface area contributed by atoms with E-state index in [0.29, 0.717) is 0 Å². The number of halogens is 1. The summed E-state index contributed by atoms with van der Waals surface area (Å²) in [6, 6.07) is 16.4. The number of allylic oxidation sites excluding steroid dienone is 1. The fourth-order valence-electron chi connectivity index (χ4n) is 2.80. The molecule has 0 radical (unpaired) electrons. The van der Waals surface area contributed by atoms with E-state index in [2.05, 4.69) is 76.2 Å². The van der Waals surface area contributed by atoms with Gasteiger partial charge in [-0.05, 0) is 61.7 Å². The van der Waals surface area contributed by atoms with Crippen LogP contribution in [0.3, 0.4) is 0 Å². The second-order valence-corrected chi connectivity index (χ2v) is 8.17. The third-order valence-electron chi connectivity index (χ3n) is 4.51. The SMILES string of the molecule is CN(C)CCCc1ccc(C(=O)C=Cc2ccc(C(C)(C)C)cc2)cc1.Cl. The summed E-state index contributed by atoms with van der Waals surface area (Å²) < 4.78 is 0. The predicted octanol–water partition coefficient (Wildman–Crippen LogP) is 5.80. The first-order valence-corrected chi connectivity index (χ1v) is 9.32. The van der Waals surface area contributed by atoms with Crippen molar-refractivity contribution in [2.75, 3.05) is 20.6 Å². The normalized spacial score (nSPS) is 11.6. The third kappa shape index (κ3) is 7.70. The van der Waals surface area contributed by atoms with Gasteiger partial charge in [-0.15, -0.1) is 12.4 Å². The van der Waals surface area contributed by atoms with Crippen molar-refractivity contribution in [2.24, 2.45) is 0 Å². The van der Waals surface area contributed by atoms with Gasteiger partial charge < -0.3 is 4.90 Å². The van der Waals surface area contributed by atoms with Crippen LogP contribution < -0.4 is 0 Å². The van der Waals surface area contributed by atoms with Crippen molar-refractivity contribution in [1.29, 1.82) is 0 Å². The van der Waals surface area contributed by atoms with Crippen molar-refractivity contribution in [3.05, 3.63) is 76.9 Å². The van der Waals surface area contributed by atoms with Crippen LogP contribution in [-0.2, 0) is 11.8 Å². The molecule has 0 fully saturated rings. The van der Waals surface area contributed by atoms with Crippen LogP contribution in [0.4, 0.5) is 0 Å². The molecular formula is C24H32ClNO. The van der Waals surface area contributed by atoms with Gasteiger partial charge in [0, 0.05) is 5.56 Å². The average molecular weight is 386 g/mol. The molecule has 0 aliphatic carbocycles. The molecule has 27 heavy (non-hydrogen) atoms. The van der Waals surface area contributed by atoms with Crippen LogP contribution in [0.25, 0.3) is 6.08 Å². The molecule has 0 aliphatic rings. The Morgan fingerprint density at radius 1 is 0.963 bits per heavy atom. The highest BCUT2D eigenvalue weighted by Gasteiger charge is 2.12. The highest BCUT2D eigenvalue weighted by Crippen LogP contribution is 2.22. The second kappa shape index (κ2) is 10.4. The lowest BCUT2D eigenvalue weighted by molar-refractivity contribution is 0.104. The van der Waals surface area contributed by atoms with Crippen molar-refractivity contribution in [3.8, 4) is 0 Å². The zero-order chi connectivity index (χ0) is 19.2. The topological polar surface area (TPSA) is 20.3 Å². The quantitative estimate of drug-likeness (QED) is 0.443. The summed E-state index contributed by atoms with van der Waals surface area (Å²) in [7, 11) is 4.18. The van der Waals surface area contributed by atoms with E-state index in [-0.39, 0.29) is 23.6 Å². The molecule has 0 saturated heterocycles. The van der Waals surface area contributed by atoms with E-state index in [9.17, 15) is 4.79 Å². The monoisotopic (exact) mass is 385 g/mol. The minimum atomic E-state index is 0. The Hall–Kier alpha value is -1.90. The molecule has 2 nitrogen and oxygen atoms in total. The first kappa shape index (κ1) is 23.1. The third-order valence-corrected chi connectivity index (χ3v) is 4.51. The predicted molar refractivity (Wildman–Crippen MR) is 119 cm³/mol. The van der Waals surface area contributed by atoms with Crippen molar-refractivity contribution in [3.63, 3.8) is 0 Å². The number of carbonyl (C=O) groups excluding carboxylic acids is 1. The first-order valence-electron chi connectivity index (χ1n) is 9.32. The van der Waals surface area contributed by atoms with Gasteiger partial charge in [0.1, 0.15) is 0 Å². The van der Waals surface area contributed by atoms with E-state index < -0.39 is 0 Å². The molecule has 0 spiro atoms. The second-order valence-electron chi connectivity index (χ2n) is 8.17. The summed E-state index contributed by atoms with van der Waals surface area (Å²) in [6.45, 7) is 7.68. The van der Waals surface area contributed by atoms with Crippen LogP contribution in [0.5, 0.6) is 0 Å². The van der Waals surface area contributed by atoms with Gasteiger partial charge in [-0.2, -0.15) is 0 Å². The standard InChI is InChI=1S/C24H31NO.ClH/c1-24(2,3)22-15-10-20(11-16-22)12-17-23(26)21-13-8-19(9-14-21)7-6-18-25(4)5;/h8-17H,6-7,18H2,1-5H3;1H. The lowest BCUT2D eigenvalue weighted by atomic mass is 9.87. The van der Waals surface area contributed by atoms with Crippen molar-refractivity contribution in [1.82, 2.24) is 4.90 Å². The molecule has 0 heterocycles. The highest BCUT2D eigenvalue weighted by molar-refractivity contribution is 6.06.